The molecule has 1 aromatic rings. The van der Waals surface area contributed by atoms with Crippen LogP contribution in [-0.2, 0) is 10.0 Å². The molecule has 8 heteroatoms. The monoisotopic (exact) mass is 294 g/mol. The van der Waals surface area contributed by atoms with Gasteiger partial charge in [0.25, 0.3) is 0 Å². The van der Waals surface area contributed by atoms with Crippen molar-refractivity contribution in [3.8, 4) is 0 Å². The van der Waals surface area contributed by atoms with Crippen LogP contribution in [0.4, 0.5) is 14.5 Å². The van der Waals surface area contributed by atoms with Gasteiger partial charge >= 0.3 is 0 Å². The van der Waals surface area contributed by atoms with E-state index in [0.717, 1.165) is 12.1 Å². The van der Waals surface area contributed by atoms with Gasteiger partial charge in [0.05, 0.1) is 0 Å². The molecule has 5 nitrogen and oxygen atoms in total. The Kier molecular flexibility index (Phi) is 5.21. The second kappa shape index (κ2) is 6.27. The fourth-order valence-electron chi connectivity index (χ4n) is 1.62. The molecular weight excluding hydrogens is 278 g/mol. The predicted octanol–water partition coefficient (Wildman–Crippen LogP) is 0.986. The van der Waals surface area contributed by atoms with E-state index in [1.165, 1.54) is 0 Å². The molecule has 1 unspecified atom stereocenters. The van der Waals surface area contributed by atoms with Gasteiger partial charge in [-0.2, -0.15) is 0 Å². The quantitative estimate of drug-likeness (QED) is 0.682. The summed E-state index contributed by atoms with van der Waals surface area (Å²) in [6.07, 6.45) is 0.740. The first kappa shape index (κ1) is 15.8. The molecule has 1 atom stereocenters. The number of benzene rings is 1. The van der Waals surface area contributed by atoms with Crippen molar-refractivity contribution in [3.63, 3.8) is 0 Å². The van der Waals surface area contributed by atoms with Gasteiger partial charge in [0, 0.05) is 18.3 Å². The highest BCUT2D eigenvalue weighted by molar-refractivity contribution is 7.89. The van der Waals surface area contributed by atoms with Crippen LogP contribution in [0.5, 0.6) is 0 Å². The lowest BCUT2D eigenvalue weighted by atomic mass is 10.2. The molecule has 0 amide bonds. The van der Waals surface area contributed by atoms with E-state index >= 15 is 0 Å². The van der Waals surface area contributed by atoms with Crippen LogP contribution in [0.2, 0.25) is 0 Å². The number of aliphatic hydroxyl groups excluding tert-OH is 1. The normalized spacial score (nSPS) is 13.5. The molecule has 0 saturated heterocycles. The summed E-state index contributed by atoms with van der Waals surface area (Å²) in [5, 5.41) is 8.64. The third-order valence-electron chi connectivity index (χ3n) is 2.44. The summed E-state index contributed by atoms with van der Waals surface area (Å²) >= 11 is 0. The average Bonchev–Trinajstić information content (AvgIpc) is 2.23. The summed E-state index contributed by atoms with van der Waals surface area (Å²) in [4.78, 5) is -1.04. The Labute approximate surface area is 110 Å². The SMILES string of the molecule is CC(CCCO)NS(=O)(=O)c1c(F)cc(N)cc1F. The molecule has 0 aliphatic heterocycles. The van der Waals surface area contributed by atoms with Crippen molar-refractivity contribution in [1.82, 2.24) is 4.72 Å². The maximum atomic E-state index is 13.5. The first-order valence-electron chi connectivity index (χ1n) is 5.65. The number of aliphatic hydroxyl groups is 1. The van der Waals surface area contributed by atoms with E-state index < -0.39 is 32.6 Å². The van der Waals surface area contributed by atoms with Crippen LogP contribution < -0.4 is 10.5 Å². The number of hydrogen-bond donors (Lipinski definition) is 3. The standard InChI is InChI=1S/C11H16F2N2O3S/c1-7(3-2-4-16)15-19(17,18)11-9(12)5-8(14)6-10(11)13/h5-7,15-16H,2-4,14H2,1H3. The lowest BCUT2D eigenvalue weighted by Crippen LogP contribution is -2.33. The van der Waals surface area contributed by atoms with E-state index in [-0.39, 0.29) is 12.3 Å². The van der Waals surface area contributed by atoms with Gasteiger partial charge in [-0.1, -0.05) is 0 Å². The second-order valence-electron chi connectivity index (χ2n) is 4.20. The predicted molar refractivity (Wildman–Crippen MR) is 66.9 cm³/mol. The fourth-order valence-corrected chi connectivity index (χ4v) is 3.01. The zero-order chi connectivity index (χ0) is 14.6. The number of halogens is 2. The molecule has 0 heterocycles. The Bertz CT molecular complexity index is 526. The van der Waals surface area contributed by atoms with Crippen molar-refractivity contribution < 1.29 is 22.3 Å². The number of nitrogen functional groups attached to an aromatic ring is 1. The Balaban J connectivity index is 3.01. The van der Waals surface area contributed by atoms with Gasteiger partial charge in [0.15, 0.2) is 4.90 Å². The molecule has 0 bridgehead atoms. The summed E-state index contributed by atoms with van der Waals surface area (Å²) in [7, 11) is -4.31. The molecule has 19 heavy (non-hydrogen) atoms. The average molecular weight is 294 g/mol. The van der Waals surface area contributed by atoms with Crippen LogP contribution in [0.1, 0.15) is 19.8 Å². The molecule has 0 aliphatic rings. The highest BCUT2D eigenvalue weighted by Crippen LogP contribution is 2.22. The van der Waals surface area contributed by atoms with Gasteiger partial charge < -0.3 is 10.8 Å². The molecule has 1 aromatic carbocycles. The molecular formula is C11H16F2N2O3S. The van der Waals surface area contributed by atoms with Crippen LogP contribution in [0.3, 0.4) is 0 Å². The van der Waals surface area contributed by atoms with Gasteiger partial charge in [-0.3, -0.25) is 0 Å². The lowest BCUT2D eigenvalue weighted by Gasteiger charge is -2.14. The Hall–Kier alpha value is -1.25. The van der Waals surface area contributed by atoms with E-state index in [1.807, 2.05) is 0 Å². The molecule has 108 valence electrons. The second-order valence-corrected chi connectivity index (χ2v) is 5.85. The number of hydrogen-bond acceptors (Lipinski definition) is 4. The minimum absolute atomic E-state index is 0.0866. The van der Waals surface area contributed by atoms with Crippen molar-refractivity contribution in [3.05, 3.63) is 23.8 Å². The van der Waals surface area contributed by atoms with Crippen molar-refractivity contribution >= 4 is 15.7 Å². The summed E-state index contributed by atoms with van der Waals surface area (Å²) in [5.41, 5.74) is 5.02. The van der Waals surface area contributed by atoms with Crippen molar-refractivity contribution in [2.24, 2.45) is 0 Å². The van der Waals surface area contributed by atoms with E-state index in [2.05, 4.69) is 4.72 Å². The van der Waals surface area contributed by atoms with Gasteiger partial charge in [-0.25, -0.2) is 21.9 Å². The zero-order valence-electron chi connectivity index (χ0n) is 10.4. The van der Waals surface area contributed by atoms with E-state index in [9.17, 15) is 17.2 Å². The topological polar surface area (TPSA) is 92.4 Å². The Morgan fingerprint density at radius 1 is 1.37 bits per heavy atom. The molecule has 1 rings (SSSR count). The van der Waals surface area contributed by atoms with Crippen LogP contribution in [0.15, 0.2) is 17.0 Å². The van der Waals surface area contributed by atoms with Crippen LogP contribution in [-0.4, -0.2) is 26.2 Å². The zero-order valence-corrected chi connectivity index (χ0v) is 11.2. The van der Waals surface area contributed by atoms with E-state index in [1.54, 1.807) is 6.92 Å². The number of rotatable bonds is 6. The lowest BCUT2D eigenvalue weighted by molar-refractivity contribution is 0.279. The van der Waals surface area contributed by atoms with Crippen LogP contribution >= 0.6 is 0 Å². The first-order valence-corrected chi connectivity index (χ1v) is 7.14. The minimum Gasteiger partial charge on any atom is -0.399 e. The summed E-state index contributed by atoms with van der Waals surface area (Å²) in [6, 6.07) is 0.944. The minimum atomic E-state index is -4.31. The fraction of sp³-hybridized carbons (Fsp3) is 0.455. The molecule has 0 aromatic heterocycles. The molecule has 0 aliphatic carbocycles. The van der Waals surface area contributed by atoms with Gasteiger partial charge in [0.1, 0.15) is 11.6 Å². The Morgan fingerprint density at radius 3 is 2.37 bits per heavy atom. The largest absolute Gasteiger partial charge is 0.399 e. The molecule has 0 spiro atoms. The van der Waals surface area contributed by atoms with Gasteiger partial charge in [-0.05, 0) is 31.9 Å². The third kappa shape index (κ3) is 4.12. The van der Waals surface area contributed by atoms with Crippen LogP contribution in [0.25, 0.3) is 0 Å². The number of nitrogens with one attached hydrogen (secondary N) is 1. The molecule has 4 N–H and O–H groups in total. The molecule has 0 radical (unpaired) electrons. The Morgan fingerprint density at radius 2 is 1.89 bits per heavy atom. The molecule has 0 fully saturated rings. The number of nitrogens with two attached hydrogens (primary N) is 1. The van der Waals surface area contributed by atoms with Crippen molar-refractivity contribution in [1.29, 1.82) is 0 Å². The van der Waals surface area contributed by atoms with Crippen LogP contribution in [0, 0.1) is 11.6 Å². The maximum Gasteiger partial charge on any atom is 0.246 e. The highest BCUT2D eigenvalue weighted by atomic mass is 32.2. The highest BCUT2D eigenvalue weighted by Gasteiger charge is 2.26. The van der Waals surface area contributed by atoms with Gasteiger partial charge in [-0.15, -0.1) is 0 Å². The summed E-state index contributed by atoms with van der Waals surface area (Å²) in [6.45, 7) is 1.46. The number of sulfonamides is 1. The summed E-state index contributed by atoms with van der Waals surface area (Å²) < 4.78 is 52.9. The van der Waals surface area contributed by atoms with Gasteiger partial charge in [0.2, 0.25) is 10.0 Å². The van der Waals surface area contributed by atoms with Crippen molar-refractivity contribution in [2.75, 3.05) is 12.3 Å². The van der Waals surface area contributed by atoms with Crippen molar-refractivity contribution in [2.45, 2.75) is 30.7 Å². The molecule has 0 saturated carbocycles. The van der Waals surface area contributed by atoms with E-state index in [0.29, 0.717) is 12.8 Å². The maximum absolute atomic E-state index is 13.5. The summed E-state index contributed by atoms with van der Waals surface area (Å²) in [5.74, 6) is -2.47. The smallest absolute Gasteiger partial charge is 0.246 e. The first-order chi connectivity index (χ1) is 8.77. The number of anilines is 1. The van der Waals surface area contributed by atoms with E-state index in [4.69, 9.17) is 10.8 Å². The third-order valence-corrected chi connectivity index (χ3v) is 4.08.